The molecule has 0 aliphatic rings. The highest BCUT2D eigenvalue weighted by molar-refractivity contribution is 9.10. The first-order valence-corrected chi connectivity index (χ1v) is 8.24. The van der Waals surface area contributed by atoms with E-state index in [1.54, 1.807) is 0 Å². The van der Waals surface area contributed by atoms with E-state index in [1.807, 2.05) is 18.2 Å². The number of hydrogen-bond donors (Lipinski definition) is 1. The van der Waals surface area contributed by atoms with E-state index in [4.69, 9.17) is 4.74 Å². The van der Waals surface area contributed by atoms with Gasteiger partial charge >= 0.3 is 0 Å². The molecule has 2 aromatic carbocycles. The standard InChI is InChI=1S/C18H22BrNO/c1-2-11-20-14-16-13-17(19)8-9-18(16)21-12-10-15-6-4-3-5-7-15/h3-9,13,20H,2,10-12,14H2,1H3. The molecule has 0 saturated carbocycles. The average molecular weight is 348 g/mol. The van der Waals surface area contributed by atoms with Crippen LogP contribution in [-0.2, 0) is 13.0 Å². The Morgan fingerprint density at radius 1 is 1.10 bits per heavy atom. The molecule has 2 rings (SSSR count). The van der Waals surface area contributed by atoms with E-state index in [2.05, 4.69) is 58.5 Å². The molecular weight excluding hydrogens is 326 g/mol. The van der Waals surface area contributed by atoms with E-state index in [9.17, 15) is 0 Å². The van der Waals surface area contributed by atoms with Gasteiger partial charge in [0.1, 0.15) is 5.75 Å². The van der Waals surface area contributed by atoms with E-state index in [0.717, 1.165) is 36.2 Å². The van der Waals surface area contributed by atoms with Crippen molar-refractivity contribution >= 4 is 15.9 Å². The van der Waals surface area contributed by atoms with Crippen molar-refractivity contribution in [1.29, 1.82) is 0 Å². The van der Waals surface area contributed by atoms with Gasteiger partial charge in [0.25, 0.3) is 0 Å². The first-order chi connectivity index (χ1) is 10.3. The zero-order chi connectivity index (χ0) is 14.9. The fourth-order valence-electron chi connectivity index (χ4n) is 2.15. The van der Waals surface area contributed by atoms with Gasteiger partial charge in [-0.3, -0.25) is 0 Å². The Bertz CT molecular complexity index is 542. The van der Waals surface area contributed by atoms with Crippen LogP contribution in [0.15, 0.2) is 53.0 Å². The number of hydrogen-bond acceptors (Lipinski definition) is 2. The smallest absolute Gasteiger partial charge is 0.123 e. The maximum Gasteiger partial charge on any atom is 0.123 e. The van der Waals surface area contributed by atoms with Crippen LogP contribution in [0.5, 0.6) is 5.75 Å². The fraction of sp³-hybridized carbons (Fsp3) is 0.333. The van der Waals surface area contributed by atoms with Gasteiger partial charge in [-0.2, -0.15) is 0 Å². The highest BCUT2D eigenvalue weighted by Crippen LogP contribution is 2.23. The van der Waals surface area contributed by atoms with Crippen molar-refractivity contribution in [2.75, 3.05) is 13.2 Å². The highest BCUT2D eigenvalue weighted by Gasteiger charge is 2.04. The zero-order valence-corrected chi connectivity index (χ0v) is 14.0. The lowest BCUT2D eigenvalue weighted by Gasteiger charge is -2.13. The summed E-state index contributed by atoms with van der Waals surface area (Å²) in [7, 11) is 0. The Morgan fingerprint density at radius 3 is 2.67 bits per heavy atom. The largest absolute Gasteiger partial charge is 0.493 e. The molecule has 0 amide bonds. The van der Waals surface area contributed by atoms with Crippen LogP contribution < -0.4 is 10.1 Å². The van der Waals surface area contributed by atoms with Crippen LogP contribution >= 0.6 is 15.9 Å². The van der Waals surface area contributed by atoms with Gasteiger partial charge < -0.3 is 10.1 Å². The number of halogens is 1. The predicted octanol–water partition coefficient (Wildman–Crippen LogP) is 4.57. The number of nitrogens with one attached hydrogen (secondary N) is 1. The Balaban J connectivity index is 1.92. The third-order valence-corrected chi connectivity index (χ3v) is 3.75. The number of benzene rings is 2. The van der Waals surface area contributed by atoms with Gasteiger partial charge in [-0.1, -0.05) is 53.2 Å². The molecular formula is C18H22BrNO. The third kappa shape index (κ3) is 5.52. The molecule has 0 aliphatic heterocycles. The SMILES string of the molecule is CCCNCc1cc(Br)ccc1OCCc1ccccc1. The molecule has 0 heterocycles. The Morgan fingerprint density at radius 2 is 1.90 bits per heavy atom. The van der Waals surface area contributed by atoms with Crippen molar-refractivity contribution in [1.82, 2.24) is 5.32 Å². The second kappa shape index (κ2) is 8.85. The molecule has 2 aromatic rings. The van der Waals surface area contributed by atoms with Crippen LogP contribution in [0.4, 0.5) is 0 Å². The number of ether oxygens (including phenoxy) is 1. The monoisotopic (exact) mass is 347 g/mol. The van der Waals surface area contributed by atoms with Crippen molar-refractivity contribution in [3.05, 3.63) is 64.1 Å². The molecule has 0 atom stereocenters. The number of rotatable bonds is 8. The van der Waals surface area contributed by atoms with Gasteiger partial charge in [0, 0.05) is 23.0 Å². The second-order valence-corrected chi connectivity index (χ2v) is 5.93. The quantitative estimate of drug-likeness (QED) is 0.706. The molecule has 3 heteroatoms. The molecule has 0 radical (unpaired) electrons. The van der Waals surface area contributed by atoms with Gasteiger partial charge in [-0.25, -0.2) is 0 Å². The van der Waals surface area contributed by atoms with E-state index in [1.165, 1.54) is 11.1 Å². The summed E-state index contributed by atoms with van der Waals surface area (Å²) in [6, 6.07) is 16.6. The molecule has 112 valence electrons. The lowest BCUT2D eigenvalue weighted by Crippen LogP contribution is -2.15. The van der Waals surface area contributed by atoms with Crippen molar-refractivity contribution in [3.8, 4) is 5.75 Å². The summed E-state index contributed by atoms with van der Waals surface area (Å²) in [5, 5.41) is 3.43. The molecule has 0 unspecified atom stereocenters. The molecule has 0 aliphatic carbocycles. The minimum atomic E-state index is 0.701. The second-order valence-electron chi connectivity index (χ2n) is 5.01. The van der Waals surface area contributed by atoms with Crippen molar-refractivity contribution in [3.63, 3.8) is 0 Å². The van der Waals surface area contributed by atoms with Crippen LogP contribution in [0.3, 0.4) is 0 Å². The lowest BCUT2D eigenvalue weighted by atomic mass is 10.1. The zero-order valence-electron chi connectivity index (χ0n) is 12.4. The highest BCUT2D eigenvalue weighted by atomic mass is 79.9. The first-order valence-electron chi connectivity index (χ1n) is 7.45. The average Bonchev–Trinajstić information content (AvgIpc) is 2.51. The van der Waals surface area contributed by atoms with Crippen molar-refractivity contribution in [2.24, 2.45) is 0 Å². The summed E-state index contributed by atoms with van der Waals surface area (Å²) in [4.78, 5) is 0. The molecule has 2 nitrogen and oxygen atoms in total. The molecule has 1 N–H and O–H groups in total. The summed E-state index contributed by atoms with van der Waals surface area (Å²) >= 11 is 3.53. The lowest BCUT2D eigenvalue weighted by molar-refractivity contribution is 0.317. The summed E-state index contributed by atoms with van der Waals surface area (Å²) in [6.45, 7) is 4.74. The van der Waals surface area contributed by atoms with Crippen molar-refractivity contribution in [2.45, 2.75) is 26.3 Å². The van der Waals surface area contributed by atoms with Crippen LogP contribution in [-0.4, -0.2) is 13.2 Å². The van der Waals surface area contributed by atoms with E-state index >= 15 is 0 Å². The van der Waals surface area contributed by atoms with Gasteiger partial charge in [-0.05, 0) is 36.7 Å². The molecule has 0 fully saturated rings. The third-order valence-electron chi connectivity index (χ3n) is 3.26. The van der Waals surface area contributed by atoms with E-state index in [0.29, 0.717) is 6.61 Å². The summed E-state index contributed by atoms with van der Waals surface area (Å²) in [5.41, 5.74) is 2.51. The molecule has 0 spiro atoms. The topological polar surface area (TPSA) is 21.3 Å². The molecule has 0 saturated heterocycles. The minimum absolute atomic E-state index is 0.701. The first kappa shape index (κ1) is 16.1. The van der Waals surface area contributed by atoms with Crippen LogP contribution in [0.25, 0.3) is 0 Å². The molecule has 0 bridgehead atoms. The van der Waals surface area contributed by atoms with E-state index in [-0.39, 0.29) is 0 Å². The molecule has 21 heavy (non-hydrogen) atoms. The summed E-state index contributed by atoms with van der Waals surface area (Å²) in [5.74, 6) is 0.970. The van der Waals surface area contributed by atoms with Crippen molar-refractivity contribution < 1.29 is 4.74 Å². The van der Waals surface area contributed by atoms with Gasteiger partial charge in [0.05, 0.1) is 6.61 Å². The fourth-order valence-corrected chi connectivity index (χ4v) is 2.56. The van der Waals surface area contributed by atoms with Gasteiger partial charge in [-0.15, -0.1) is 0 Å². The maximum absolute atomic E-state index is 5.97. The van der Waals surface area contributed by atoms with Crippen LogP contribution in [0, 0.1) is 0 Å². The Labute approximate surface area is 135 Å². The molecule has 0 aromatic heterocycles. The minimum Gasteiger partial charge on any atom is -0.493 e. The van der Waals surface area contributed by atoms with E-state index < -0.39 is 0 Å². The maximum atomic E-state index is 5.97. The predicted molar refractivity (Wildman–Crippen MR) is 91.8 cm³/mol. The van der Waals surface area contributed by atoms with Crippen LogP contribution in [0.1, 0.15) is 24.5 Å². The normalized spacial score (nSPS) is 10.6. The van der Waals surface area contributed by atoms with Gasteiger partial charge in [0.2, 0.25) is 0 Å². The van der Waals surface area contributed by atoms with Crippen LogP contribution in [0.2, 0.25) is 0 Å². The Hall–Kier alpha value is -1.32. The summed E-state index contributed by atoms with van der Waals surface area (Å²) < 4.78 is 7.06. The Kier molecular flexibility index (Phi) is 6.77. The van der Waals surface area contributed by atoms with Gasteiger partial charge in [0.15, 0.2) is 0 Å². The summed E-state index contributed by atoms with van der Waals surface area (Å²) in [6.07, 6.45) is 2.07.